The van der Waals surface area contributed by atoms with E-state index in [2.05, 4.69) is 46.8 Å². The van der Waals surface area contributed by atoms with Crippen molar-refractivity contribution in [3.63, 3.8) is 0 Å². The fraction of sp³-hybridized carbons (Fsp3) is 0.767. The summed E-state index contributed by atoms with van der Waals surface area (Å²) >= 11 is 0. The molecule has 188 valence electrons. The maximum absolute atomic E-state index is 12.9. The largest absolute Gasteiger partial charge is 0.396 e. The smallest absolute Gasteiger partial charge is 0.185 e. The van der Waals surface area contributed by atoms with Crippen LogP contribution in [0.5, 0.6) is 0 Å². The highest BCUT2D eigenvalue weighted by Gasteiger charge is 2.67. The first-order valence-corrected chi connectivity index (χ1v) is 13.3. The van der Waals surface area contributed by atoms with Crippen LogP contribution in [0.3, 0.4) is 0 Å². The molecule has 3 fully saturated rings. The average molecular weight is 469 g/mol. The van der Waals surface area contributed by atoms with E-state index in [9.17, 15) is 20.1 Å². The van der Waals surface area contributed by atoms with Crippen LogP contribution >= 0.6 is 0 Å². The van der Waals surface area contributed by atoms with Crippen LogP contribution in [-0.2, 0) is 4.79 Å². The van der Waals surface area contributed by atoms with Gasteiger partial charge in [0, 0.05) is 17.4 Å². The van der Waals surface area contributed by atoms with E-state index >= 15 is 0 Å². The van der Waals surface area contributed by atoms with E-state index in [0.29, 0.717) is 11.3 Å². The van der Waals surface area contributed by atoms with E-state index in [0.717, 1.165) is 43.3 Å². The molecule has 3 saturated carbocycles. The number of rotatable bonds is 2. The summed E-state index contributed by atoms with van der Waals surface area (Å²) in [6.45, 7) is 13.9. The number of ketones is 1. The summed E-state index contributed by atoms with van der Waals surface area (Å²) in [7, 11) is 0. The lowest BCUT2D eigenvalue weighted by Crippen LogP contribution is -2.62. The van der Waals surface area contributed by atoms with Crippen molar-refractivity contribution in [2.75, 3.05) is 13.2 Å². The third-order valence-corrected chi connectivity index (χ3v) is 12.2. The molecule has 3 N–H and O–H groups in total. The summed E-state index contributed by atoms with van der Waals surface area (Å²) in [5, 5.41) is 31.2. The van der Waals surface area contributed by atoms with Crippen molar-refractivity contribution >= 4 is 5.78 Å². The fourth-order valence-electron chi connectivity index (χ4n) is 9.18. The number of carbonyl (C=O) groups is 1. The first kappa shape index (κ1) is 24.5. The van der Waals surface area contributed by atoms with E-state index in [1.54, 1.807) is 6.08 Å². The van der Waals surface area contributed by atoms with E-state index < -0.39 is 11.5 Å². The summed E-state index contributed by atoms with van der Waals surface area (Å²) in [4.78, 5) is 12.9. The standard InChI is InChI=1S/C30H44O4/c1-25(17-31)9-10-26(2)11-13-29(5)22-8-7-19-20(15-21(33)24(34)28(19,4)18-32)27(22,3)12-14-30(29,6)23(26)16-25/h7-8,15,23-24,31-32,34H,9-14,16-18H2,1-6H3/t23-,24+,25-,26-,27+,28+,29-,30+/m1/s1. The van der Waals surface area contributed by atoms with Crippen LogP contribution in [0.4, 0.5) is 0 Å². The highest BCUT2D eigenvalue weighted by Crippen LogP contribution is 2.75. The molecule has 5 rings (SSSR count). The molecule has 0 saturated heterocycles. The van der Waals surface area contributed by atoms with Gasteiger partial charge >= 0.3 is 0 Å². The van der Waals surface area contributed by atoms with Crippen molar-refractivity contribution in [2.45, 2.75) is 92.6 Å². The zero-order chi connectivity index (χ0) is 24.9. The molecule has 0 radical (unpaired) electrons. The van der Waals surface area contributed by atoms with Crippen molar-refractivity contribution in [3.05, 3.63) is 34.9 Å². The molecule has 0 aromatic heterocycles. The summed E-state index contributed by atoms with van der Waals surface area (Å²) in [5.74, 6) is 0.263. The van der Waals surface area contributed by atoms with Crippen LogP contribution in [0.15, 0.2) is 34.9 Å². The lowest BCUT2D eigenvalue weighted by atomic mass is 9.34. The minimum Gasteiger partial charge on any atom is -0.396 e. The molecule has 0 aliphatic heterocycles. The molecule has 4 heteroatoms. The average Bonchev–Trinajstić information content (AvgIpc) is 2.81. The van der Waals surface area contributed by atoms with Crippen molar-refractivity contribution in [2.24, 2.45) is 38.4 Å². The highest BCUT2D eigenvalue weighted by atomic mass is 16.3. The second-order valence-electron chi connectivity index (χ2n) is 14.1. The normalized spacial score (nSPS) is 52.4. The maximum Gasteiger partial charge on any atom is 0.185 e. The van der Waals surface area contributed by atoms with Gasteiger partial charge in [0.25, 0.3) is 0 Å². The zero-order valence-electron chi connectivity index (χ0n) is 22.0. The molecule has 34 heavy (non-hydrogen) atoms. The predicted octanol–water partition coefficient (Wildman–Crippen LogP) is 5.13. The predicted molar refractivity (Wildman–Crippen MR) is 134 cm³/mol. The van der Waals surface area contributed by atoms with Gasteiger partial charge in [-0.05, 0) is 89.7 Å². The Balaban J connectivity index is 1.65. The fourth-order valence-corrected chi connectivity index (χ4v) is 9.18. The van der Waals surface area contributed by atoms with Crippen molar-refractivity contribution in [1.29, 1.82) is 0 Å². The van der Waals surface area contributed by atoms with E-state index in [4.69, 9.17) is 0 Å². The molecule has 0 bridgehead atoms. The number of hydrogen-bond acceptors (Lipinski definition) is 4. The second kappa shape index (κ2) is 7.17. The van der Waals surface area contributed by atoms with Crippen LogP contribution in [0, 0.1) is 38.4 Å². The van der Waals surface area contributed by atoms with Crippen LogP contribution < -0.4 is 0 Å². The van der Waals surface area contributed by atoms with Gasteiger partial charge < -0.3 is 15.3 Å². The van der Waals surface area contributed by atoms with Crippen LogP contribution in [-0.4, -0.2) is 40.4 Å². The monoisotopic (exact) mass is 468 g/mol. The van der Waals surface area contributed by atoms with Gasteiger partial charge in [-0.1, -0.05) is 59.3 Å². The molecule has 4 nitrogen and oxygen atoms in total. The Bertz CT molecular complexity index is 1020. The van der Waals surface area contributed by atoms with E-state index in [1.807, 2.05) is 6.92 Å². The highest BCUT2D eigenvalue weighted by molar-refractivity contribution is 5.98. The molecule has 0 aromatic carbocycles. The topological polar surface area (TPSA) is 77.8 Å². The lowest BCUT2D eigenvalue weighted by Gasteiger charge is -2.70. The molecule has 0 unspecified atom stereocenters. The van der Waals surface area contributed by atoms with Crippen LogP contribution in [0.1, 0.15) is 86.5 Å². The van der Waals surface area contributed by atoms with E-state index in [-0.39, 0.29) is 40.7 Å². The van der Waals surface area contributed by atoms with Gasteiger partial charge in [-0.15, -0.1) is 0 Å². The Labute approximate surface area is 205 Å². The number of carbonyl (C=O) groups excluding carboxylic acids is 1. The first-order chi connectivity index (χ1) is 15.7. The van der Waals surface area contributed by atoms with Crippen LogP contribution in [0.2, 0.25) is 0 Å². The molecule has 5 aliphatic carbocycles. The van der Waals surface area contributed by atoms with Gasteiger partial charge in [0.05, 0.1) is 6.61 Å². The maximum atomic E-state index is 12.9. The Morgan fingerprint density at radius 3 is 2.18 bits per heavy atom. The third-order valence-electron chi connectivity index (χ3n) is 12.2. The molecule has 0 aromatic rings. The Hall–Kier alpha value is -1.23. The molecule has 8 atom stereocenters. The van der Waals surface area contributed by atoms with Crippen LogP contribution in [0.25, 0.3) is 0 Å². The SMILES string of the molecule is C[C@@]1(CO)CC[C@]2(C)CC[C@]3(C)C4=CC=C5C(=CC(=O)[C@H](O)[C@@]5(C)CO)[C@]4(C)CC[C@@]3(C)[C@@H]2C1. The molecular weight excluding hydrogens is 424 g/mol. The first-order valence-electron chi connectivity index (χ1n) is 13.3. The molecule has 0 amide bonds. The van der Waals surface area contributed by atoms with Gasteiger partial charge in [-0.25, -0.2) is 0 Å². The van der Waals surface area contributed by atoms with E-state index in [1.165, 1.54) is 18.4 Å². The van der Waals surface area contributed by atoms with Gasteiger partial charge in [0.1, 0.15) is 6.10 Å². The Morgan fingerprint density at radius 1 is 0.853 bits per heavy atom. The van der Waals surface area contributed by atoms with Gasteiger partial charge in [0.15, 0.2) is 5.78 Å². The second-order valence-corrected chi connectivity index (χ2v) is 14.1. The zero-order valence-corrected chi connectivity index (χ0v) is 22.0. The summed E-state index contributed by atoms with van der Waals surface area (Å²) in [6, 6.07) is 0. The number of hydrogen-bond donors (Lipinski definition) is 3. The number of fused-ring (bicyclic) bond motifs is 7. The molecular formula is C30H44O4. The van der Waals surface area contributed by atoms with Crippen molar-refractivity contribution in [1.82, 2.24) is 0 Å². The van der Waals surface area contributed by atoms with Crippen molar-refractivity contribution < 1.29 is 20.1 Å². The summed E-state index contributed by atoms with van der Waals surface area (Å²) in [5.41, 5.74) is 2.54. The van der Waals surface area contributed by atoms with Crippen molar-refractivity contribution in [3.8, 4) is 0 Å². The Kier molecular flexibility index (Phi) is 5.16. The quantitative estimate of drug-likeness (QED) is 0.525. The Morgan fingerprint density at radius 2 is 1.53 bits per heavy atom. The number of aliphatic hydroxyl groups is 3. The summed E-state index contributed by atoms with van der Waals surface area (Å²) in [6.07, 6.45) is 12.6. The van der Waals surface area contributed by atoms with Gasteiger partial charge in [-0.3, -0.25) is 4.79 Å². The molecule has 5 aliphatic rings. The number of aliphatic hydroxyl groups excluding tert-OH is 3. The minimum absolute atomic E-state index is 0.00238. The number of allylic oxidation sites excluding steroid dienone is 4. The van der Waals surface area contributed by atoms with Gasteiger partial charge in [-0.2, -0.15) is 0 Å². The molecule has 0 spiro atoms. The summed E-state index contributed by atoms with van der Waals surface area (Å²) < 4.78 is 0. The lowest BCUT2D eigenvalue weighted by molar-refractivity contribution is -0.166. The molecule has 0 heterocycles. The minimum atomic E-state index is -1.20. The third kappa shape index (κ3) is 2.80. The van der Waals surface area contributed by atoms with Gasteiger partial charge in [0.2, 0.25) is 0 Å².